The molecule has 0 unspecified atom stereocenters. The fraction of sp³-hybridized carbons (Fsp3) is 0.357. The lowest BCUT2D eigenvalue weighted by Crippen LogP contribution is -2.39. The van der Waals surface area contributed by atoms with Gasteiger partial charge in [0.05, 0.1) is 17.1 Å². The molecule has 124 valence electrons. The number of rotatable bonds is 5. The van der Waals surface area contributed by atoms with Crippen LogP contribution in [0.15, 0.2) is 12.1 Å². The van der Waals surface area contributed by atoms with Crippen LogP contribution in [0, 0.1) is 0 Å². The summed E-state index contributed by atoms with van der Waals surface area (Å²) in [6, 6.07) is 2.80. The lowest BCUT2D eigenvalue weighted by molar-refractivity contribution is -0.137. The summed E-state index contributed by atoms with van der Waals surface area (Å²) >= 11 is 5.97. The van der Waals surface area contributed by atoms with Crippen LogP contribution >= 0.6 is 11.6 Å². The summed E-state index contributed by atoms with van der Waals surface area (Å²) in [4.78, 5) is 36.1. The molecule has 23 heavy (non-hydrogen) atoms. The Morgan fingerprint density at radius 2 is 2.09 bits per heavy atom. The standard InChI is InChI=1S/C14H15ClN2O6/c1-16-11(18)5-17(2)12(19)6-21-14(20)8-3-9(15)13-10(4-8)22-7-23-13/h3-4H,5-7H2,1-2H3,(H,16,18). The smallest absolute Gasteiger partial charge is 0.338 e. The van der Waals surface area contributed by atoms with Crippen molar-refractivity contribution in [1.82, 2.24) is 10.2 Å². The number of nitrogens with one attached hydrogen (secondary N) is 1. The maximum Gasteiger partial charge on any atom is 0.338 e. The van der Waals surface area contributed by atoms with Crippen LogP contribution in [0.1, 0.15) is 10.4 Å². The SMILES string of the molecule is CNC(=O)CN(C)C(=O)COC(=O)c1cc(Cl)c2c(c1)OCO2. The molecule has 0 spiro atoms. The minimum absolute atomic E-state index is 0.0241. The van der Waals surface area contributed by atoms with Gasteiger partial charge in [0.25, 0.3) is 5.91 Å². The zero-order chi connectivity index (χ0) is 17.0. The topological polar surface area (TPSA) is 94.2 Å². The largest absolute Gasteiger partial charge is 0.454 e. The van der Waals surface area contributed by atoms with E-state index >= 15 is 0 Å². The Bertz CT molecular complexity index is 648. The van der Waals surface area contributed by atoms with Crippen molar-refractivity contribution >= 4 is 29.4 Å². The van der Waals surface area contributed by atoms with E-state index in [2.05, 4.69) is 5.32 Å². The Hall–Kier alpha value is -2.48. The van der Waals surface area contributed by atoms with Gasteiger partial charge in [-0.2, -0.15) is 0 Å². The first-order valence-electron chi connectivity index (χ1n) is 6.63. The highest BCUT2D eigenvalue weighted by molar-refractivity contribution is 6.32. The third-order valence-electron chi connectivity index (χ3n) is 3.08. The van der Waals surface area contributed by atoms with Crippen molar-refractivity contribution in [2.24, 2.45) is 0 Å². The fourth-order valence-electron chi connectivity index (χ4n) is 1.79. The maximum absolute atomic E-state index is 12.0. The number of hydrogen-bond donors (Lipinski definition) is 1. The van der Waals surface area contributed by atoms with E-state index < -0.39 is 18.5 Å². The van der Waals surface area contributed by atoms with Gasteiger partial charge in [0.1, 0.15) is 0 Å². The molecule has 0 aliphatic carbocycles. The molecular weight excluding hydrogens is 328 g/mol. The Balaban J connectivity index is 1.94. The zero-order valence-electron chi connectivity index (χ0n) is 12.6. The lowest BCUT2D eigenvalue weighted by Gasteiger charge is -2.16. The fourth-order valence-corrected chi connectivity index (χ4v) is 2.05. The normalized spacial score (nSPS) is 11.8. The maximum atomic E-state index is 12.0. The number of nitrogens with zero attached hydrogens (tertiary/aromatic N) is 1. The van der Waals surface area contributed by atoms with E-state index in [-0.39, 0.29) is 29.8 Å². The molecular formula is C14H15ClN2O6. The van der Waals surface area contributed by atoms with Crippen molar-refractivity contribution in [3.8, 4) is 11.5 Å². The van der Waals surface area contributed by atoms with Gasteiger partial charge < -0.3 is 24.4 Å². The summed E-state index contributed by atoms with van der Waals surface area (Å²) in [6.07, 6.45) is 0. The van der Waals surface area contributed by atoms with Crippen LogP contribution in [0.4, 0.5) is 0 Å². The van der Waals surface area contributed by atoms with Crippen molar-refractivity contribution in [2.75, 3.05) is 34.0 Å². The average molecular weight is 343 g/mol. The molecule has 9 heteroatoms. The Labute approximate surface area is 137 Å². The van der Waals surface area contributed by atoms with Gasteiger partial charge >= 0.3 is 5.97 Å². The van der Waals surface area contributed by atoms with Gasteiger partial charge in [-0.25, -0.2) is 4.79 Å². The summed E-state index contributed by atoms with van der Waals surface area (Å²) in [5.41, 5.74) is 0.140. The molecule has 8 nitrogen and oxygen atoms in total. The van der Waals surface area contributed by atoms with Crippen molar-refractivity contribution in [3.05, 3.63) is 22.7 Å². The van der Waals surface area contributed by atoms with Gasteiger partial charge in [-0.1, -0.05) is 11.6 Å². The number of hydrogen-bond acceptors (Lipinski definition) is 6. The molecule has 1 aliphatic heterocycles. The molecule has 0 bridgehead atoms. The minimum atomic E-state index is -0.730. The van der Waals surface area contributed by atoms with E-state index in [0.717, 1.165) is 4.90 Å². The number of fused-ring (bicyclic) bond motifs is 1. The molecule has 0 fully saturated rings. The summed E-state index contributed by atoms with van der Waals surface area (Å²) in [5.74, 6) is -0.854. The molecule has 0 saturated carbocycles. The highest BCUT2D eigenvalue weighted by Gasteiger charge is 2.22. The number of esters is 1. The van der Waals surface area contributed by atoms with E-state index in [1.165, 1.54) is 26.2 Å². The molecule has 1 aromatic rings. The molecule has 1 aliphatic rings. The van der Waals surface area contributed by atoms with Gasteiger partial charge in [-0.3, -0.25) is 9.59 Å². The minimum Gasteiger partial charge on any atom is -0.454 e. The predicted molar refractivity (Wildman–Crippen MR) is 79.6 cm³/mol. The van der Waals surface area contributed by atoms with Crippen molar-refractivity contribution < 1.29 is 28.6 Å². The van der Waals surface area contributed by atoms with Crippen LogP contribution in [-0.2, 0) is 14.3 Å². The Kier molecular flexibility index (Phi) is 5.28. The first-order valence-corrected chi connectivity index (χ1v) is 7.01. The number of halogens is 1. The first-order chi connectivity index (χ1) is 10.9. The van der Waals surface area contributed by atoms with Crippen LogP contribution in [0.2, 0.25) is 5.02 Å². The number of ether oxygens (including phenoxy) is 3. The third kappa shape index (κ3) is 4.04. The number of carbonyl (C=O) groups is 3. The lowest BCUT2D eigenvalue weighted by atomic mass is 10.2. The second kappa shape index (κ2) is 7.19. The van der Waals surface area contributed by atoms with Gasteiger partial charge in [0.2, 0.25) is 12.7 Å². The molecule has 1 aromatic carbocycles. The van der Waals surface area contributed by atoms with E-state index in [1.54, 1.807) is 0 Å². The number of carbonyl (C=O) groups excluding carboxylic acids is 3. The summed E-state index contributed by atoms with van der Waals surface area (Å²) in [6.45, 7) is -0.586. The van der Waals surface area contributed by atoms with Gasteiger partial charge in [-0.15, -0.1) is 0 Å². The summed E-state index contributed by atoms with van der Waals surface area (Å²) in [5, 5.41) is 2.61. The van der Waals surface area contributed by atoms with E-state index in [4.69, 9.17) is 25.8 Å². The van der Waals surface area contributed by atoms with Gasteiger partial charge in [-0.05, 0) is 12.1 Å². The Morgan fingerprint density at radius 1 is 1.35 bits per heavy atom. The van der Waals surface area contributed by atoms with E-state index in [9.17, 15) is 14.4 Å². The molecule has 1 N–H and O–H groups in total. The summed E-state index contributed by atoms with van der Waals surface area (Å²) in [7, 11) is 2.90. The molecule has 2 amide bonds. The van der Waals surface area contributed by atoms with Crippen LogP contribution < -0.4 is 14.8 Å². The van der Waals surface area contributed by atoms with E-state index in [1.807, 2.05) is 0 Å². The second-order valence-corrected chi connectivity index (χ2v) is 5.10. The predicted octanol–water partition coefficient (Wildman–Crippen LogP) is 0.430. The second-order valence-electron chi connectivity index (χ2n) is 4.69. The molecule has 0 radical (unpaired) electrons. The molecule has 2 rings (SSSR count). The number of likely N-dealkylation sites (N-methyl/N-ethyl adjacent to an activating group) is 2. The molecule has 1 heterocycles. The van der Waals surface area contributed by atoms with Crippen LogP contribution in [-0.4, -0.2) is 56.7 Å². The quantitative estimate of drug-likeness (QED) is 0.780. The monoisotopic (exact) mass is 342 g/mol. The van der Waals surface area contributed by atoms with E-state index in [0.29, 0.717) is 11.5 Å². The van der Waals surface area contributed by atoms with Crippen molar-refractivity contribution in [3.63, 3.8) is 0 Å². The van der Waals surface area contributed by atoms with Crippen molar-refractivity contribution in [2.45, 2.75) is 0 Å². The van der Waals surface area contributed by atoms with Gasteiger partial charge in [0.15, 0.2) is 18.1 Å². The van der Waals surface area contributed by atoms with Crippen LogP contribution in [0.3, 0.4) is 0 Å². The summed E-state index contributed by atoms with van der Waals surface area (Å²) < 4.78 is 15.2. The Morgan fingerprint density at radius 3 is 2.78 bits per heavy atom. The average Bonchev–Trinajstić information content (AvgIpc) is 3.00. The van der Waals surface area contributed by atoms with Crippen LogP contribution in [0.25, 0.3) is 0 Å². The zero-order valence-corrected chi connectivity index (χ0v) is 13.3. The number of benzene rings is 1. The third-order valence-corrected chi connectivity index (χ3v) is 3.36. The van der Waals surface area contributed by atoms with Crippen molar-refractivity contribution in [1.29, 1.82) is 0 Å². The highest BCUT2D eigenvalue weighted by atomic mass is 35.5. The molecule has 0 atom stereocenters. The highest BCUT2D eigenvalue weighted by Crippen LogP contribution is 2.39. The van der Waals surface area contributed by atoms with Crippen LogP contribution in [0.5, 0.6) is 11.5 Å². The number of amides is 2. The first kappa shape index (κ1) is 16.9. The molecule has 0 saturated heterocycles. The molecule has 0 aromatic heterocycles. The van der Waals surface area contributed by atoms with Gasteiger partial charge in [0, 0.05) is 14.1 Å².